The Morgan fingerprint density at radius 1 is 0.333 bits per heavy atom. The fourth-order valence-corrected chi connectivity index (χ4v) is 9.68. The fraction of sp³-hybridized carbons (Fsp3) is 0. The number of hydrogen-bond donors (Lipinski definition) is 0. The van der Waals surface area contributed by atoms with Crippen molar-refractivity contribution in [3.8, 4) is 22.3 Å². The third kappa shape index (κ3) is 4.99. The van der Waals surface area contributed by atoms with Gasteiger partial charge in [-0.3, -0.25) is 0 Å². The lowest BCUT2D eigenvalue weighted by molar-refractivity contribution is 1.31. The monoisotopic (exact) mass is 703 g/mol. The van der Waals surface area contributed by atoms with Gasteiger partial charge in [0.05, 0.1) is 5.69 Å². The maximum atomic E-state index is 2.45. The zero-order valence-corrected chi connectivity index (χ0v) is 30.2. The van der Waals surface area contributed by atoms with E-state index in [4.69, 9.17) is 0 Å². The highest BCUT2D eigenvalue weighted by Gasteiger charge is 2.20. The Labute approximate surface area is 317 Å². The van der Waals surface area contributed by atoms with Gasteiger partial charge in [0.15, 0.2) is 0 Å². The number of rotatable bonds is 5. The van der Waals surface area contributed by atoms with Crippen molar-refractivity contribution in [3.63, 3.8) is 0 Å². The number of fused-ring (bicyclic) bond motifs is 9. The molecule has 2 heteroatoms. The van der Waals surface area contributed by atoms with E-state index in [-0.39, 0.29) is 0 Å². The van der Waals surface area contributed by atoms with Crippen molar-refractivity contribution in [2.45, 2.75) is 0 Å². The summed E-state index contributed by atoms with van der Waals surface area (Å²) in [5.41, 5.74) is 8.33. The molecule has 0 saturated heterocycles. The van der Waals surface area contributed by atoms with E-state index < -0.39 is 0 Å². The first-order valence-corrected chi connectivity index (χ1v) is 19.3. The van der Waals surface area contributed by atoms with Gasteiger partial charge < -0.3 is 4.90 Å². The second-order valence-electron chi connectivity index (χ2n) is 14.1. The van der Waals surface area contributed by atoms with E-state index in [1.807, 2.05) is 11.3 Å². The second kappa shape index (κ2) is 12.4. The van der Waals surface area contributed by atoms with Crippen molar-refractivity contribution in [1.82, 2.24) is 0 Å². The lowest BCUT2D eigenvalue weighted by Crippen LogP contribution is -2.10. The molecule has 0 atom stereocenters. The summed E-state index contributed by atoms with van der Waals surface area (Å²) in [6, 6.07) is 73.5. The zero-order valence-electron chi connectivity index (χ0n) is 29.4. The molecule has 0 radical (unpaired) electrons. The van der Waals surface area contributed by atoms with Crippen LogP contribution >= 0.6 is 11.3 Å². The molecule has 0 N–H and O–H groups in total. The third-order valence-corrected chi connectivity index (χ3v) is 12.2. The molecule has 10 aromatic carbocycles. The van der Waals surface area contributed by atoms with Gasteiger partial charge in [0.25, 0.3) is 0 Å². The molecule has 0 aliphatic heterocycles. The molecule has 11 rings (SSSR count). The van der Waals surface area contributed by atoms with Gasteiger partial charge >= 0.3 is 0 Å². The normalized spacial score (nSPS) is 11.7. The number of nitrogens with zero attached hydrogens (tertiary/aromatic N) is 1. The molecular formula is C52H33NS. The van der Waals surface area contributed by atoms with E-state index in [9.17, 15) is 0 Å². The summed E-state index contributed by atoms with van der Waals surface area (Å²) in [6.07, 6.45) is 0. The van der Waals surface area contributed by atoms with Crippen molar-refractivity contribution in [3.05, 3.63) is 200 Å². The summed E-state index contributed by atoms with van der Waals surface area (Å²) in [5.74, 6) is 0. The van der Waals surface area contributed by atoms with Crippen LogP contribution in [0.25, 0.3) is 85.5 Å². The number of hydrogen-bond acceptors (Lipinski definition) is 2. The molecule has 54 heavy (non-hydrogen) atoms. The van der Waals surface area contributed by atoms with Crippen molar-refractivity contribution >= 4 is 91.7 Å². The molecule has 0 aliphatic carbocycles. The van der Waals surface area contributed by atoms with E-state index in [0.29, 0.717) is 0 Å². The number of benzene rings is 10. The molecule has 1 heterocycles. The largest absolute Gasteiger partial charge is 0.310 e. The van der Waals surface area contributed by atoms with E-state index in [2.05, 4.69) is 205 Å². The fourth-order valence-electron chi connectivity index (χ4n) is 8.42. The molecule has 0 aliphatic rings. The predicted octanol–water partition coefficient (Wildman–Crippen LogP) is 15.5. The van der Waals surface area contributed by atoms with Gasteiger partial charge in [0, 0.05) is 31.5 Å². The van der Waals surface area contributed by atoms with Crippen LogP contribution < -0.4 is 4.90 Å². The summed E-state index contributed by atoms with van der Waals surface area (Å²) in [5, 5.41) is 12.7. The second-order valence-corrected chi connectivity index (χ2v) is 15.2. The first kappa shape index (κ1) is 30.8. The van der Waals surface area contributed by atoms with Gasteiger partial charge in [-0.15, -0.1) is 11.3 Å². The van der Waals surface area contributed by atoms with Gasteiger partial charge in [-0.2, -0.15) is 0 Å². The number of thiophene rings is 1. The average Bonchev–Trinajstić information content (AvgIpc) is 3.64. The highest BCUT2D eigenvalue weighted by atomic mass is 32.1. The first-order chi connectivity index (χ1) is 26.8. The molecule has 0 fully saturated rings. The molecule has 0 spiro atoms. The van der Waals surface area contributed by atoms with Crippen molar-refractivity contribution in [1.29, 1.82) is 0 Å². The van der Waals surface area contributed by atoms with Gasteiger partial charge in [0.1, 0.15) is 0 Å². The Kier molecular flexibility index (Phi) is 7.11. The Morgan fingerprint density at radius 2 is 0.981 bits per heavy atom. The Hall–Kier alpha value is -6.74. The summed E-state index contributed by atoms with van der Waals surface area (Å²) in [6.45, 7) is 0. The minimum atomic E-state index is 1.12. The summed E-state index contributed by atoms with van der Waals surface area (Å²) < 4.78 is 2.62. The minimum Gasteiger partial charge on any atom is -0.310 e. The lowest BCUT2D eigenvalue weighted by atomic mass is 9.92. The van der Waals surface area contributed by atoms with Crippen LogP contribution in [0.2, 0.25) is 0 Å². The van der Waals surface area contributed by atoms with Crippen molar-refractivity contribution in [2.75, 3.05) is 4.90 Å². The van der Waals surface area contributed by atoms with Crippen LogP contribution in [0.15, 0.2) is 200 Å². The average molecular weight is 704 g/mol. The van der Waals surface area contributed by atoms with Gasteiger partial charge in [0.2, 0.25) is 0 Å². The van der Waals surface area contributed by atoms with Crippen LogP contribution in [-0.2, 0) is 0 Å². The minimum absolute atomic E-state index is 1.12. The standard InChI is InChI=1S/C52H33NS/c1-2-11-34(12-3-1)35-23-27-41(28-24-35)53(49-19-10-20-50-51(49)47-30-26-37-13-4-7-16-44(37)52(47)54-50)42-29-25-36-21-22-39(31-40(36)32-42)48-33-38-14-5-6-15-43(38)45-17-8-9-18-46(45)48/h1-33H. The van der Waals surface area contributed by atoms with E-state index >= 15 is 0 Å². The topological polar surface area (TPSA) is 3.24 Å². The Bertz CT molecular complexity index is 3210. The molecule has 252 valence electrons. The molecule has 1 nitrogen and oxygen atoms in total. The maximum Gasteiger partial charge on any atom is 0.0554 e. The van der Waals surface area contributed by atoms with Crippen LogP contribution in [0, 0.1) is 0 Å². The highest BCUT2D eigenvalue weighted by molar-refractivity contribution is 7.26. The van der Waals surface area contributed by atoms with E-state index in [1.54, 1.807) is 0 Å². The Balaban J connectivity index is 1.13. The summed E-state index contributed by atoms with van der Waals surface area (Å²) >= 11 is 1.89. The van der Waals surface area contributed by atoms with Crippen LogP contribution in [0.3, 0.4) is 0 Å². The predicted molar refractivity (Wildman–Crippen MR) is 235 cm³/mol. The molecule has 0 amide bonds. The van der Waals surface area contributed by atoms with Gasteiger partial charge in [-0.1, -0.05) is 152 Å². The third-order valence-electron chi connectivity index (χ3n) is 11.0. The maximum absolute atomic E-state index is 2.45. The van der Waals surface area contributed by atoms with Gasteiger partial charge in [-0.25, -0.2) is 0 Å². The Morgan fingerprint density at radius 3 is 1.83 bits per heavy atom. The van der Waals surface area contributed by atoms with Gasteiger partial charge in [-0.05, 0) is 114 Å². The smallest absolute Gasteiger partial charge is 0.0554 e. The molecule has 11 aromatic rings. The quantitative estimate of drug-likeness (QED) is 0.161. The zero-order chi connectivity index (χ0) is 35.6. The van der Waals surface area contributed by atoms with Crippen LogP contribution in [0.4, 0.5) is 17.1 Å². The SMILES string of the molecule is c1ccc(-c2ccc(N(c3ccc4ccc(-c5cc6ccccc6c6ccccc56)cc4c3)c3cccc4sc5c6ccccc6ccc5c34)cc2)cc1. The van der Waals surface area contributed by atoms with Crippen LogP contribution in [-0.4, -0.2) is 0 Å². The van der Waals surface area contributed by atoms with E-state index in [0.717, 1.165) is 11.4 Å². The van der Waals surface area contributed by atoms with Crippen LogP contribution in [0.1, 0.15) is 0 Å². The molecular weight excluding hydrogens is 671 g/mol. The molecule has 0 saturated carbocycles. The number of anilines is 3. The molecule has 0 unspecified atom stereocenters. The van der Waals surface area contributed by atoms with E-state index in [1.165, 1.54) is 91.2 Å². The van der Waals surface area contributed by atoms with Crippen LogP contribution in [0.5, 0.6) is 0 Å². The lowest BCUT2D eigenvalue weighted by Gasteiger charge is -2.27. The van der Waals surface area contributed by atoms with Crippen molar-refractivity contribution in [2.24, 2.45) is 0 Å². The summed E-state index contributed by atoms with van der Waals surface area (Å²) in [4.78, 5) is 2.45. The first-order valence-electron chi connectivity index (χ1n) is 18.5. The van der Waals surface area contributed by atoms with Crippen molar-refractivity contribution < 1.29 is 0 Å². The highest BCUT2D eigenvalue weighted by Crippen LogP contribution is 2.47. The summed E-state index contributed by atoms with van der Waals surface area (Å²) in [7, 11) is 0. The molecule has 1 aromatic heterocycles. The molecule has 0 bridgehead atoms.